The molecule has 0 bridgehead atoms. The lowest BCUT2D eigenvalue weighted by molar-refractivity contribution is -0.145. The van der Waals surface area contributed by atoms with Crippen LogP contribution in [0.4, 0.5) is 0 Å². The summed E-state index contributed by atoms with van der Waals surface area (Å²) in [4.78, 5) is 31.9. The van der Waals surface area contributed by atoms with Crippen molar-refractivity contribution in [1.29, 1.82) is 0 Å². The number of nitrogens with zero attached hydrogens (tertiary/aromatic N) is 2. The number of carbonyl (C=O) groups excluding carboxylic acids is 1. The van der Waals surface area contributed by atoms with Crippen molar-refractivity contribution in [3.8, 4) is 0 Å². The molecule has 0 saturated carbocycles. The maximum absolute atomic E-state index is 12.7. The van der Waals surface area contributed by atoms with E-state index in [1.807, 2.05) is 31.1 Å². The molecule has 26 heavy (non-hydrogen) atoms. The molecular formula is C19H21ClN2O3S. The summed E-state index contributed by atoms with van der Waals surface area (Å²) in [5.41, 5.74) is 0.738. The lowest BCUT2D eigenvalue weighted by atomic mass is 10.00. The Morgan fingerprint density at radius 1 is 1.27 bits per heavy atom. The summed E-state index contributed by atoms with van der Waals surface area (Å²) in [6, 6.07) is 9.11. The van der Waals surface area contributed by atoms with Gasteiger partial charge in [0.15, 0.2) is 5.43 Å². The first kappa shape index (κ1) is 20.3. The van der Waals surface area contributed by atoms with E-state index in [0.717, 1.165) is 15.1 Å². The average molecular weight is 393 g/mol. The zero-order valence-electron chi connectivity index (χ0n) is 14.9. The zero-order chi connectivity index (χ0) is 18.0. The number of pyridine rings is 1. The minimum Gasteiger partial charge on any atom is -0.464 e. The Hall–Kier alpha value is -2.02. The molecule has 1 aromatic carbocycles. The molecular weight excluding hydrogens is 372 g/mol. The largest absolute Gasteiger partial charge is 0.464 e. The van der Waals surface area contributed by atoms with E-state index in [-0.39, 0.29) is 23.8 Å². The van der Waals surface area contributed by atoms with Gasteiger partial charge in [-0.15, -0.1) is 23.7 Å². The Bertz CT molecular complexity index is 987. The lowest BCUT2D eigenvalue weighted by Crippen LogP contribution is -2.22. The van der Waals surface area contributed by atoms with Crippen LogP contribution >= 0.6 is 23.7 Å². The summed E-state index contributed by atoms with van der Waals surface area (Å²) >= 11 is 1.48. The number of fused-ring (bicyclic) bond motifs is 2. The van der Waals surface area contributed by atoms with Gasteiger partial charge in [0.1, 0.15) is 11.4 Å². The van der Waals surface area contributed by atoms with Crippen LogP contribution in [0, 0.1) is 0 Å². The number of ether oxygens (including phenoxy) is 1. The summed E-state index contributed by atoms with van der Waals surface area (Å²) in [7, 11) is 3.85. The smallest absolute Gasteiger partial charge is 0.313 e. The average Bonchev–Trinajstić information content (AvgIpc) is 2.60. The molecule has 2 heterocycles. The van der Waals surface area contributed by atoms with Crippen molar-refractivity contribution in [3.63, 3.8) is 0 Å². The minimum atomic E-state index is -0.416. The Morgan fingerprint density at radius 3 is 2.77 bits per heavy atom. The van der Waals surface area contributed by atoms with E-state index in [2.05, 4.69) is 4.98 Å². The van der Waals surface area contributed by atoms with Crippen LogP contribution in [0.3, 0.4) is 0 Å². The van der Waals surface area contributed by atoms with E-state index in [1.54, 1.807) is 31.3 Å². The zero-order valence-corrected chi connectivity index (χ0v) is 16.5. The first-order chi connectivity index (χ1) is 12.0. The number of aromatic nitrogens is 1. The van der Waals surface area contributed by atoms with Gasteiger partial charge in [-0.3, -0.25) is 9.59 Å². The maximum atomic E-state index is 12.7. The van der Waals surface area contributed by atoms with Gasteiger partial charge >= 0.3 is 5.97 Å². The molecule has 0 N–H and O–H groups in total. The van der Waals surface area contributed by atoms with Crippen molar-refractivity contribution in [1.82, 2.24) is 9.88 Å². The molecule has 1 atom stereocenters. The highest BCUT2D eigenvalue weighted by Crippen LogP contribution is 2.26. The van der Waals surface area contributed by atoms with Gasteiger partial charge in [-0.25, -0.2) is 4.98 Å². The number of esters is 1. The highest BCUT2D eigenvalue weighted by molar-refractivity contribution is 7.24. The third-order valence-electron chi connectivity index (χ3n) is 4.11. The van der Waals surface area contributed by atoms with Crippen molar-refractivity contribution in [2.75, 3.05) is 27.2 Å². The van der Waals surface area contributed by atoms with Gasteiger partial charge in [0.2, 0.25) is 0 Å². The van der Waals surface area contributed by atoms with Crippen LogP contribution in [0.5, 0.6) is 0 Å². The second kappa shape index (κ2) is 8.58. The van der Waals surface area contributed by atoms with Gasteiger partial charge in [0.25, 0.3) is 0 Å². The molecule has 2 aromatic heterocycles. The molecule has 0 aliphatic heterocycles. The van der Waals surface area contributed by atoms with Crippen molar-refractivity contribution < 1.29 is 9.53 Å². The second-order valence-corrected chi connectivity index (χ2v) is 7.27. The summed E-state index contributed by atoms with van der Waals surface area (Å²) in [5.74, 6) is -0.694. The Morgan fingerprint density at radius 2 is 2.04 bits per heavy atom. The van der Waals surface area contributed by atoms with Gasteiger partial charge in [-0.2, -0.15) is 0 Å². The quantitative estimate of drug-likeness (QED) is 0.491. The van der Waals surface area contributed by atoms with Gasteiger partial charge < -0.3 is 9.64 Å². The fourth-order valence-corrected chi connectivity index (χ4v) is 3.56. The number of hydrogen-bond acceptors (Lipinski definition) is 6. The SMILES string of the molecule is CC(C(=O)OCCN(C)C)c1ccc2sc3ncccc3c(=O)c2c1.Cl. The molecule has 3 rings (SSSR count). The van der Waals surface area contributed by atoms with Crippen molar-refractivity contribution in [3.05, 3.63) is 52.3 Å². The highest BCUT2D eigenvalue weighted by Gasteiger charge is 2.18. The van der Waals surface area contributed by atoms with Crippen LogP contribution in [0.15, 0.2) is 41.3 Å². The Kier molecular flexibility index (Phi) is 6.69. The van der Waals surface area contributed by atoms with Crippen LogP contribution in [0.2, 0.25) is 0 Å². The van der Waals surface area contributed by atoms with Crippen LogP contribution in [0.25, 0.3) is 20.3 Å². The molecule has 0 spiro atoms. The fraction of sp³-hybridized carbons (Fsp3) is 0.316. The molecule has 0 amide bonds. The Labute approximate surface area is 162 Å². The molecule has 0 saturated heterocycles. The van der Waals surface area contributed by atoms with E-state index in [4.69, 9.17) is 4.74 Å². The molecule has 0 aliphatic carbocycles. The molecule has 1 unspecified atom stereocenters. The van der Waals surface area contributed by atoms with Crippen LogP contribution in [0.1, 0.15) is 18.4 Å². The first-order valence-electron chi connectivity index (χ1n) is 8.10. The molecule has 7 heteroatoms. The second-order valence-electron chi connectivity index (χ2n) is 6.24. The number of carbonyl (C=O) groups is 1. The van der Waals surface area contributed by atoms with Crippen molar-refractivity contribution >= 4 is 50.0 Å². The van der Waals surface area contributed by atoms with E-state index in [9.17, 15) is 9.59 Å². The topological polar surface area (TPSA) is 59.5 Å². The van der Waals surface area contributed by atoms with Crippen molar-refractivity contribution in [2.45, 2.75) is 12.8 Å². The van der Waals surface area contributed by atoms with Crippen LogP contribution < -0.4 is 5.43 Å². The number of likely N-dealkylation sites (N-methyl/N-ethyl adjacent to an activating group) is 1. The van der Waals surface area contributed by atoms with Gasteiger partial charge in [0.05, 0.1) is 11.3 Å². The first-order valence-corrected chi connectivity index (χ1v) is 8.92. The predicted molar refractivity (Wildman–Crippen MR) is 109 cm³/mol. The monoisotopic (exact) mass is 392 g/mol. The van der Waals surface area contributed by atoms with Crippen molar-refractivity contribution in [2.24, 2.45) is 0 Å². The third-order valence-corrected chi connectivity index (χ3v) is 5.20. The number of halogens is 1. The fourth-order valence-electron chi connectivity index (χ4n) is 2.57. The van der Waals surface area contributed by atoms with E-state index in [0.29, 0.717) is 23.9 Å². The Balaban J connectivity index is 0.00000243. The minimum absolute atomic E-state index is 0. The lowest BCUT2D eigenvalue weighted by Gasteiger charge is -2.14. The molecule has 0 radical (unpaired) electrons. The van der Waals surface area contributed by atoms with E-state index in [1.165, 1.54) is 11.3 Å². The third kappa shape index (κ3) is 4.20. The van der Waals surface area contributed by atoms with Crippen LogP contribution in [-0.4, -0.2) is 43.1 Å². The molecule has 3 aromatic rings. The summed E-state index contributed by atoms with van der Waals surface area (Å²) in [5, 5.41) is 1.23. The van der Waals surface area contributed by atoms with Gasteiger partial charge in [0, 0.05) is 22.8 Å². The molecule has 5 nitrogen and oxygen atoms in total. The summed E-state index contributed by atoms with van der Waals surface area (Å²) in [6.45, 7) is 2.84. The highest BCUT2D eigenvalue weighted by atomic mass is 35.5. The van der Waals surface area contributed by atoms with Gasteiger partial charge in [-0.05, 0) is 50.8 Å². The summed E-state index contributed by atoms with van der Waals surface area (Å²) < 4.78 is 6.18. The molecule has 0 aliphatic rings. The normalized spacial score (nSPS) is 12.2. The number of hydrogen-bond donors (Lipinski definition) is 0. The standard InChI is InChI=1S/C19H20N2O3S.ClH/c1-12(19(23)24-10-9-21(2)3)13-6-7-16-15(11-13)17(22)14-5-4-8-20-18(14)25-16;/h4-8,11-12H,9-10H2,1-3H3;1H. The number of rotatable bonds is 5. The maximum Gasteiger partial charge on any atom is 0.313 e. The predicted octanol–water partition coefficient (Wildman–Crippen LogP) is 3.44. The number of benzene rings is 1. The van der Waals surface area contributed by atoms with Gasteiger partial charge in [-0.1, -0.05) is 6.07 Å². The summed E-state index contributed by atoms with van der Waals surface area (Å²) in [6.07, 6.45) is 1.68. The molecule has 138 valence electrons. The van der Waals surface area contributed by atoms with E-state index >= 15 is 0 Å². The van der Waals surface area contributed by atoms with Crippen LogP contribution in [-0.2, 0) is 9.53 Å². The molecule has 0 fully saturated rings. The van der Waals surface area contributed by atoms with E-state index < -0.39 is 5.92 Å².